The predicted octanol–water partition coefficient (Wildman–Crippen LogP) is 5.24. The number of rotatable bonds is 8. The van der Waals surface area contributed by atoms with Crippen molar-refractivity contribution in [2.75, 3.05) is 17.2 Å². The lowest BCUT2D eigenvalue weighted by molar-refractivity contribution is -0.114. The summed E-state index contributed by atoms with van der Waals surface area (Å²) in [7, 11) is 0. The van der Waals surface area contributed by atoms with Crippen LogP contribution in [0.2, 0.25) is 5.02 Å². The van der Waals surface area contributed by atoms with Gasteiger partial charge in [-0.1, -0.05) is 43.0 Å². The van der Waals surface area contributed by atoms with Crippen molar-refractivity contribution < 1.29 is 14.3 Å². The van der Waals surface area contributed by atoms with E-state index < -0.39 is 0 Å². The summed E-state index contributed by atoms with van der Waals surface area (Å²) in [6.07, 6.45) is 5.50. The third-order valence-electron chi connectivity index (χ3n) is 5.12. The van der Waals surface area contributed by atoms with Gasteiger partial charge in [0.05, 0.1) is 28.9 Å². The van der Waals surface area contributed by atoms with Gasteiger partial charge in [0, 0.05) is 11.7 Å². The molecular weight excluding hydrogens is 414 g/mol. The molecule has 2 amide bonds. The first-order chi connectivity index (χ1) is 14.9. The summed E-state index contributed by atoms with van der Waals surface area (Å²) in [6, 6.07) is 12.6. The molecule has 0 radical (unpaired) electrons. The lowest BCUT2D eigenvalue weighted by Gasteiger charge is -2.23. The molecule has 1 fully saturated rings. The largest absolute Gasteiger partial charge is 0.489 e. The van der Waals surface area contributed by atoms with Crippen LogP contribution < -0.4 is 20.7 Å². The van der Waals surface area contributed by atoms with Gasteiger partial charge in [-0.15, -0.1) is 0 Å². The van der Waals surface area contributed by atoms with Crippen LogP contribution in [-0.4, -0.2) is 30.5 Å². The van der Waals surface area contributed by atoms with Gasteiger partial charge < -0.3 is 20.7 Å². The van der Waals surface area contributed by atoms with E-state index in [2.05, 4.69) is 16.0 Å². The third kappa shape index (κ3) is 6.89. The number of anilines is 2. The Hall–Kier alpha value is -2.73. The number of nitrogens with one attached hydrogen (secondary N) is 3. The van der Waals surface area contributed by atoms with Crippen molar-refractivity contribution in [3.05, 3.63) is 53.1 Å². The predicted molar refractivity (Wildman–Crippen MR) is 125 cm³/mol. The second kappa shape index (κ2) is 11.0. The molecule has 3 rings (SSSR count). The molecule has 0 unspecified atom stereocenters. The van der Waals surface area contributed by atoms with Crippen LogP contribution in [0.4, 0.5) is 11.4 Å². The van der Waals surface area contributed by atoms with Gasteiger partial charge in [-0.2, -0.15) is 0 Å². The Morgan fingerprint density at radius 3 is 2.58 bits per heavy atom. The topological polar surface area (TPSA) is 79.5 Å². The normalized spacial score (nSPS) is 14.2. The van der Waals surface area contributed by atoms with Crippen molar-refractivity contribution in [2.24, 2.45) is 0 Å². The Morgan fingerprint density at radius 1 is 1.10 bits per heavy atom. The van der Waals surface area contributed by atoms with E-state index in [0.29, 0.717) is 22.0 Å². The van der Waals surface area contributed by atoms with Gasteiger partial charge in [0.1, 0.15) is 5.75 Å². The average Bonchev–Trinajstić information content (AvgIpc) is 2.75. The van der Waals surface area contributed by atoms with Crippen LogP contribution in [0, 0.1) is 0 Å². The summed E-state index contributed by atoms with van der Waals surface area (Å²) in [5.74, 6) is 0.254. The highest BCUT2D eigenvalue weighted by molar-refractivity contribution is 6.34. The van der Waals surface area contributed by atoms with Crippen LogP contribution in [0.15, 0.2) is 42.5 Å². The van der Waals surface area contributed by atoms with Gasteiger partial charge in [-0.3, -0.25) is 9.59 Å². The summed E-state index contributed by atoms with van der Waals surface area (Å²) >= 11 is 6.25. The second-order valence-corrected chi connectivity index (χ2v) is 8.47. The first-order valence-corrected chi connectivity index (χ1v) is 11.2. The molecule has 1 aliphatic carbocycles. The average molecular weight is 444 g/mol. The minimum absolute atomic E-state index is 0.0315. The molecule has 31 heavy (non-hydrogen) atoms. The quantitative estimate of drug-likeness (QED) is 0.521. The Morgan fingerprint density at radius 2 is 1.84 bits per heavy atom. The Labute approximate surface area is 188 Å². The molecule has 0 aromatic heterocycles. The summed E-state index contributed by atoms with van der Waals surface area (Å²) < 4.78 is 5.76. The number of hydrogen-bond donors (Lipinski definition) is 3. The van der Waals surface area contributed by atoms with E-state index in [1.54, 1.807) is 18.2 Å². The minimum Gasteiger partial charge on any atom is -0.489 e. The van der Waals surface area contributed by atoms with Gasteiger partial charge in [-0.25, -0.2) is 0 Å². The molecule has 3 N–H and O–H groups in total. The Bertz CT molecular complexity index is 911. The highest BCUT2D eigenvalue weighted by Crippen LogP contribution is 2.25. The zero-order chi connectivity index (χ0) is 22.2. The van der Waals surface area contributed by atoms with E-state index in [1.165, 1.54) is 6.42 Å². The van der Waals surface area contributed by atoms with Gasteiger partial charge in [0.15, 0.2) is 0 Å². The SMILES string of the molecule is CC(C)Oc1ccccc1NCC(=O)Nc1ccc(Cl)c(C(=O)NC2CCCCC2)c1. The number of carbonyl (C=O) groups is 2. The lowest BCUT2D eigenvalue weighted by atomic mass is 9.95. The first-order valence-electron chi connectivity index (χ1n) is 10.8. The van der Waals surface area contributed by atoms with Crippen molar-refractivity contribution in [1.82, 2.24) is 5.32 Å². The number of amides is 2. The smallest absolute Gasteiger partial charge is 0.253 e. The van der Waals surface area contributed by atoms with E-state index in [-0.39, 0.29) is 30.5 Å². The fourth-order valence-electron chi connectivity index (χ4n) is 3.64. The Balaban J connectivity index is 1.59. The lowest BCUT2D eigenvalue weighted by Crippen LogP contribution is -2.36. The number of ether oxygens (including phenoxy) is 1. The number of benzene rings is 2. The number of hydrogen-bond acceptors (Lipinski definition) is 4. The zero-order valence-electron chi connectivity index (χ0n) is 18.0. The van der Waals surface area contributed by atoms with Crippen LogP contribution in [-0.2, 0) is 4.79 Å². The fourth-order valence-corrected chi connectivity index (χ4v) is 3.84. The van der Waals surface area contributed by atoms with Gasteiger partial charge >= 0.3 is 0 Å². The van der Waals surface area contributed by atoms with Crippen molar-refractivity contribution in [1.29, 1.82) is 0 Å². The van der Waals surface area contributed by atoms with Gasteiger partial charge in [0.2, 0.25) is 5.91 Å². The summed E-state index contributed by atoms with van der Waals surface area (Å²) in [5, 5.41) is 9.34. The monoisotopic (exact) mass is 443 g/mol. The zero-order valence-corrected chi connectivity index (χ0v) is 18.8. The molecule has 0 aliphatic heterocycles. The molecule has 0 saturated heterocycles. The summed E-state index contributed by atoms with van der Waals surface area (Å²) in [4.78, 5) is 25.1. The Kier molecular flexibility index (Phi) is 8.18. The molecule has 1 saturated carbocycles. The van der Waals surface area contributed by atoms with Crippen molar-refractivity contribution >= 4 is 34.8 Å². The van der Waals surface area contributed by atoms with Crippen molar-refractivity contribution in [3.8, 4) is 5.75 Å². The van der Waals surface area contributed by atoms with E-state index in [9.17, 15) is 9.59 Å². The van der Waals surface area contributed by atoms with Crippen molar-refractivity contribution in [2.45, 2.75) is 58.1 Å². The summed E-state index contributed by atoms with van der Waals surface area (Å²) in [6.45, 7) is 3.96. The molecule has 166 valence electrons. The molecule has 6 nitrogen and oxygen atoms in total. The van der Waals surface area contributed by atoms with Crippen LogP contribution >= 0.6 is 11.6 Å². The molecule has 0 atom stereocenters. The molecule has 2 aromatic carbocycles. The minimum atomic E-state index is -0.236. The van der Waals surface area contributed by atoms with E-state index >= 15 is 0 Å². The van der Waals surface area contributed by atoms with E-state index in [1.807, 2.05) is 38.1 Å². The standard InChI is InChI=1S/C24H30ClN3O3/c1-16(2)31-22-11-7-6-10-21(22)26-15-23(29)27-18-12-13-20(25)19(14-18)24(30)28-17-8-4-3-5-9-17/h6-7,10-14,16-17,26H,3-5,8-9,15H2,1-2H3,(H,27,29)(H,28,30). The highest BCUT2D eigenvalue weighted by atomic mass is 35.5. The highest BCUT2D eigenvalue weighted by Gasteiger charge is 2.19. The van der Waals surface area contributed by atoms with Crippen LogP contribution in [0.3, 0.4) is 0 Å². The van der Waals surface area contributed by atoms with E-state index in [4.69, 9.17) is 16.3 Å². The van der Waals surface area contributed by atoms with E-state index in [0.717, 1.165) is 31.4 Å². The summed E-state index contributed by atoms with van der Waals surface area (Å²) in [5.41, 5.74) is 1.64. The first kappa shape index (κ1) is 22.9. The third-order valence-corrected chi connectivity index (χ3v) is 5.45. The maximum atomic E-state index is 12.7. The molecule has 7 heteroatoms. The molecule has 0 spiro atoms. The number of carbonyl (C=O) groups excluding carboxylic acids is 2. The number of halogens is 1. The molecular formula is C24H30ClN3O3. The molecule has 0 bridgehead atoms. The molecule has 2 aromatic rings. The van der Waals surface area contributed by atoms with Gasteiger partial charge in [-0.05, 0) is 57.0 Å². The fraction of sp³-hybridized carbons (Fsp3) is 0.417. The van der Waals surface area contributed by atoms with Crippen LogP contribution in [0.5, 0.6) is 5.75 Å². The van der Waals surface area contributed by atoms with Crippen molar-refractivity contribution in [3.63, 3.8) is 0 Å². The molecule has 0 heterocycles. The second-order valence-electron chi connectivity index (χ2n) is 8.07. The maximum absolute atomic E-state index is 12.7. The molecule has 1 aliphatic rings. The van der Waals surface area contributed by atoms with Crippen LogP contribution in [0.1, 0.15) is 56.3 Å². The maximum Gasteiger partial charge on any atom is 0.253 e. The van der Waals surface area contributed by atoms with Gasteiger partial charge in [0.25, 0.3) is 5.91 Å². The number of para-hydroxylation sites is 2. The van der Waals surface area contributed by atoms with Crippen LogP contribution in [0.25, 0.3) is 0 Å².